The smallest absolute Gasteiger partial charge is 0.166 e. The maximum absolute atomic E-state index is 12.7. The number of rotatable bonds is 2. The van der Waals surface area contributed by atoms with Gasteiger partial charge in [-0.05, 0) is 36.0 Å². The number of alkyl halides is 3. The second kappa shape index (κ2) is 3.40. The van der Waals surface area contributed by atoms with E-state index in [4.69, 9.17) is 0 Å². The SMILES string of the molecule is C=Cc1ccc(C2CC2)cc1C(F)(F)F. The molecule has 1 aromatic rings. The van der Waals surface area contributed by atoms with Gasteiger partial charge >= 0.3 is 6.18 Å². The van der Waals surface area contributed by atoms with E-state index in [1.54, 1.807) is 6.07 Å². The quantitative estimate of drug-likeness (QED) is 0.688. The summed E-state index contributed by atoms with van der Waals surface area (Å²) >= 11 is 0. The third kappa shape index (κ3) is 2.06. The van der Waals surface area contributed by atoms with E-state index in [1.165, 1.54) is 18.2 Å². The van der Waals surface area contributed by atoms with Crippen LogP contribution in [0, 0.1) is 0 Å². The molecule has 3 heteroatoms. The van der Waals surface area contributed by atoms with Crippen molar-refractivity contribution in [2.75, 3.05) is 0 Å². The van der Waals surface area contributed by atoms with Crippen molar-refractivity contribution < 1.29 is 13.2 Å². The summed E-state index contributed by atoms with van der Waals surface area (Å²) in [5, 5.41) is 0. The Kier molecular flexibility index (Phi) is 2.33. The Morgan fingerprint density at radius 3 is 2.40 bits per heavy atom. The molecule has 0 radical (unpaired) electrons. The molecule has 1 fully saturated rings. The van der Waals surface area contributed by atoms with Gasteiger partial charge in [0.2, 0.25) is 0 Å². The van der Waals surface area contributed by atoms with E-state index in [9.17, 15) is 13.2 Å². The van der Waals surface area contributed by atoms with Gasteiger partial charge in [0.1, 0.15) is 0 Å². The predicted molar refractivity (Wildman–Crippen MR) is 53.5 cm³/mol. The fraction of sp³-hybridized carbons (Fsp3) is 0.333. The summed E-state index contributed by atoms with van der Waals surface area (Å²) < 4.78 is 38.0. The Bertz CT molecular complexity index is 386. The molecule has 80 valence electrons. The van der Waals surface area contributed by atoms with Gasteiger partial charge in [0.25, 0.3) is 0 Å². The van der Waals surface area contributed by atoms with Crippen LogP contribution in [-0.2, 0) is 6.18 Å². The molecule has 0 unspecified atom stereocenters. The summed E-state index contributed by atoms with van der Waals surface area (Å²) in [6.45, 7) is 3.40. The highest BCUT2D eigenvalue weighted by Crippen LogP contribution is 2.42. The maximum Gasteiger partial charge on any atom is 0.416 e. The van der Waals surface area contributed by atoms with Crippen LogP contribution in [0.5, 0.6) is 0 Å². The van der Waals surface area contributed by atoms with E-state index in [-0.39, 0.29) is 5.56 Å². The Labute approximate surface area is 86.4 Å². The molecule has 0 spiro atoms. The minimum Gasteiger partial charge on any atom is -0.166 e. The Morgan fingerprint density at radius 2 is 1.93 bits per heavy atom. The van der Waals surface area contributed by atoms with Gasteiger partial charge in [-0.3, -0.25) is 0 Å². The van der Waals surface area contributed by atoms with Gasteiger partial charge in [-0.1, -0.05) is 24.8 Å². The molecule has 0 N–H and O–H groups in total. The Balaban J connectivity index is 2.47. The minimum absolute atomic E-state index is 0.159. The molecule has 1 aliphatic carbocycles. The lowest BCUT2D eigenvalue weighted by atomic mass is 10.0. The molecular weight excluding hydrogens is 201 g/mol. The number of halogens is 3. The zero-order valence-corrected chi connectivity index (χ0v) is 8.14. The van der Waals surface area contributed by atoms with Crippen LogP contribution in [0.15, 0.2) is 24.8 Å². The zero-order valence-electron chi connectivity index (χ0n) is 8.14. The van der Waals surface area contributed by atoms with Crippen molar-refractivity contribution in [2.45, 2.75) is 24.9 Å². The van der Waals surface area contributed by atoms with Crippen molar-refractivity contribution in [3.8, 4) is 0 Å². The molecule has 1 aromatic carbocycles. The van der Waals surface area contributed by atoms with Gasteiger partial charge < -0.3 is 0 Å². The average Bonchev–Trinajstić information content (AvgIpc) is 2.98. The lowest BCUT2D eigenvalue weighted by Crippen LogP contribution is -2.07. The molecule has 0 aromatic heterocycles. The molecule has 1 aliphatic rings. The van der Waals surface area contributed by atoms with Crippen molar-refractivity contribution in [3.05, 3.63) is 41.5 Å². The summed E-state index contributed by atoms with van der Waals surface area (Å²) in [5.41, 5.74) is 0.390. The summed E-state index contributed by atoms with van der Waals surface area (Å²) in [6.07, 6.45) is -1.02. The van der Waals surface area contributed by atoms with E-state index in [1.807, 2.05) is 0 Å². The average molecular weight is 212 g/mol. The standard InChI is InChI=1S/C12H11F3/c1-2-8-3-6-10(9-4-5-9)7-11(8)12(13,14)15/h2-3,6-7,9H,1,4-5H2. The lowest BCUT2D eigenvalue weighted by Gasteiger charge is -2.11. The third-order valence-corrected chi connectivity index (χ3v) is 2.65. The molecule has 0 aliphatic heterocycles. The van der Waals surface area contributed by atoms with E-state index >= 15 is 0 Å². The van der Waals surface area contributed by atoms with Crippen molar-refractivity contribution >= 4 is 6.08 Å². The van der Waals surface area contributed by atoms with E-state index in [0.29, 0.717) is 5.92 Å². The van der Waals surface area contributed by atoms with Crippen LogP contribution in [-0.4, -0.2) is 0 Å². The van der Waals surface area contributed by atoms with Crippen LogP contribution in [0.2, 0.25) is 0 Å². The first-order valence-electron chi connectivity index (χ1n) is 4.86. The van der Waals surface area contributed by atoms with Crippen LogP contribution in [0.4, 0.5) is 13.2 Å². The largest absolute Gasteiger partial charge is 0.416 e. The minimum atomic E-state index is -4.28. The third-order valence-electron chi connectivity index (χ3n) is 2.65. The first-order valence-corrected chi connectivity index (χ1v) is 4.86. The highest BCUT2D eigenvalue weighted by Gasteiger charge is 2.34. The summed E-state index contributed by atoms with van der Waals surface area (Å²) in [5.74, 6) is 0.338. The molecule has 0 nitrogen and oxygen atoms in total. The fourth-order valence-corrected chi connectivity index (χ4v) is 1.67. The molecule has 0 atom stereocenters. The second-order valence-electron chi connectivity index (χ2n) is 3.82. The number of benzene rings is 1. The Morgan fingerprint density at radius 1 is 1.27 bits per heavy atom. The molecular formula is C12H11F3. The zero-order chi connectivity index (χ0) is 11.1. The number of hydrogen-bond donors (Lipinski definition) is 0. The fourth-order valence-electron chi connectivity index (χ4n) is 1.67. The lowest BCUT2D eigenvalue weighted by molar-refractivity contribution is -0.137. The van der Waals surface area contributed by atoms with Gasteiger partial charge in [0, 0.05) is 0 Å². The molecule has 0 heterocycles. The van der Waals surface area contributed by atoms with Crippen LogP contribution in [0.1, 0.15) is 35.4 Å². The predicted octanol–water partition coefficient (Wildman–Crippen LogP) is 4.23. The number of hydrogen-bond acceptors (Lipinski definition) is 0. The highest BCUT2D eigenvalue weighted by molar-refractivity contribution is 5.54. The normalized spacial score (nSPS) is 16.5. The molecule has 0 saturated heterocycles. The van der Waals surface area contributed by atoms with Gasteiger partial charge in [-0.15, -0.1) is 0 Å². The molecule has 1 saturated carbocycles. The highest BCUT2D eigenvalue weighted by atomic mass is 19.4. The summed E-state index contributed by atoms with van der Waals surface area (Å²) in [6, 6.07) is 4.53. The van der Waals surface area contributed by atoms with Crippen molar-refractivity contribution in [1.82, 2.24) is 0 Å². The van der Waals surface area contributed by atoms with Crippen LogP contribution >= 0.6 is 0 Å². The van der Waals surface area contributed by atoms with E-state index < -0.39 is 11.7 Å². The van der Waals surface area contributed by atoms with Gasteiger partial charge in [0.15, 0.2) is 0 Å². The van der Waals surface area contributed by atoms with E-state index in [2.05, 4.69) is 6.58 Å². The topological polar surface area (TPSA) is 0 Å². The van der Waals surface area contributed by atoms with Crippen LogP contribution in [0.25, 0.3) is 6.08 Å². The van der Waals surface area contributed by atoms with Crippen molar-refractivity contribution in [2.24, 2.45) is 0 Å². The second-order valence-corrected chi connectivity index (χ2v) is 3.82. The van der Waals surface area contributed by atoms with Gasteiger partial charge in [0.05, 0.1) is 5.56 Å². The van der Waals surface area contributed by atoms with Crippen LogP contribution in [0.3, 0.4) is 0 Å². The van der Waals surface area contributed by atoms with Crippen molar-refractivity contribution in [3.63, 3.8) is 0 Å². The molecule has 2 rings (SSSR count). The van der Waals surface area contributed by atoms with E-state index in [0.717, 1.165) is 18.4 Å². The Hall–Kier alpha value is -1.25. The molecule has 0 amide bonds. The van der Waals surface area contributed by atoms with Crippen molar-refractivity contribution in [1.29, 1.82) is 0 Å². The monoisotopic (exact) mass is 212 g/mol. The molecule has 15 heavy (non-hydrogen) atoms. The molecule has 0 bridgehead atoms. The van der Waals surface area contributed by atoms with Crippen LogP contribution < -0.4 is 0 Å². The van der Waals surface area contributed by atoms with Gasteiger partial charge in [-0.25, -0.2) is 0 Å². The first kappa shape index (κ1) is 10.3. The first-order chi connectivity index (χ1) is 7.02. The van der Waals surface area contributed by atoms with Gasteiger partial charge in [-0.2, -0.15) is 13.2 Å². The summed E-state index contributed by atoms with van der Waals surface area (Å²) in [7, 11) is 0. The maximum atomic E-state index is 12.7. The summed E-state index contributed by atoms with van der Waals surface area (Å²) in [4.78, 5) is 0.